The molecule has 0 atom stereocenters. The molecule has 3 heterocycles. The second-order valence-electron chi connectivity index (χ2n) is 21.2. The SMILES string of the molecule is Cc1ccccc1-c1ccc2c3ccc(-c4ccccc4C)cc3n(-c3ccc(C#N)cc3-c3nc(-c4ccccc4)nc(-c4cc(C#N)ccc4-n4c5cc(-c6ccccc6C)ccc5c5ccc(-c6ccccc6C)cc54)n3)c2c1. The fourth-order valence-electron chi connectivity index (χ4n) is 12.1. The van der Waals surface area contributed by atoms with Crippen molar-refractivity contribution in [2.45, 2.75) is 27.7 Å². The zero-order chi connectivity index (χ0) is 55.6. The van der Waals surface area contributed by atoms with Gasteiger partial charge in [-0.1, -0.05) is 176 Å². The van der Waals surface area contributed by atoms with E-state index in [1.165, 1.54) is 22.3 Å². The Morgan fingerprint density at radius 3 is 0.902 bits per heavy atom. The lowest BCUT2D eigenvalue weighted by Crippen LogP contribution is -2.06. The Bertz CT molecular complexity index is 4510. The number of nitrogens with zero attached hydrogens (tertiary/aromatic N) is 7. The Hall–Kier alpha value is -11.0. The molecule has 7 heteroatoms. The quantitative estimate of drug-likeness (QED) is 0.143. The van der Waals surface area contributed by atoms with Crippen molar-refractivity contribution in [3.05, 3.63) is 270 Å². The van der Waals surface area contributed by atoms with E-state index < -0.39 is 0 Å². The summed E-state index contributed by atoms with van der Waals surface area (Å²) in [5.74, 6) is 1.18. The summed E-state index contributed by atoms with van der Waals surface area (Å²) in [6, 6.07) is 87.2. The maximum Gasteiger partial charge on any atom is 0.166 e. The molecule has 386 valence electrons. The van der Waals surface area contributed by atoms with Crippen LogP contribution in [0.25, 0.3) is 134 Å². The second kappa shape index (κ2) is 20.0. The molecule has 0 aliphatic heterocycles. The number of aromatic nitrogens is 5. The van der Waals surface area contributed by atoms with E-state index in [4.69, 9.17) is 15.0 Å². The first-order chi connectivity index (χ1) is 40.2. The van der Waals surface area contributed by atoms with E-state index in [0.29, 0.717) is 39.7 Å². The summed E-state index contributed by atoms with van der Waals surface area (Å²) in [5.41, 5.74) is 22.2. The van der Waals surface area contributed by atoms with Crippen LogP contribution in [0.15, 0.2) is 237 Å². The van der Waals surface area contributed by atoms with Gasteiger partial charge >= 0.3 is 0 Å². The highest BCUT2D eigenvalue weighted by Crippen LogP contribution is 2.43. The number of nitriles is 2. The maximum atomic E-state index is 10.8. The van der Waals surface area contributed by atoms with Crippen LogP contribution in [0.4, 0.5) is 0 Å². The summed E-state index contributed by atoms with van der Waals surface area (Å²) in [6.45, 7) is 8.59. The Kier molecular flexibility index (Phi) is 12.0. The van der Waals surface area contributed by atoms with Crippen molar-refractivity contribution in [2.75, 3.05) is 0 Å². The van der Waals surface area contributed by atoms with Gasteiger partial charge in [0.2, 0.25) is 0 Å². The largest absolute Gasteiger partial charge is 0.308 e. The lowest BCUT2D eigenvalue weighted by Gasteiger charge is -2.18. The predicted molar refractivity (Wildman–Crippen MR) is 335 cm³/mol. The number of fused-ring (bicyclic) bond motifs is 6. The summed E-state index contributed by atoms with van der Waals surface area (Å²) in [6.07, 6.45) is 0. The maximum absolute atomic E-state index is 10.8. The minimum absolute atomic E-state index is 0.371. The number of benzene rings is 11. The van der Waals surface area contributed by atoms with Crippen molar-refractivity contribution in [3.63, 3.8) is 0 Å². The van der Waals surface area contributed by atoms with Crippen LogP contribution in [0.3, 0.4) is 0 Å². The Balaban J connectivity index is 1.06. The third-order valence-corrected chi connectivity index (χ3v) is 16.2. The van der Waals surface area contributed by atoms with Gasteiger partial charge in [0.25, 0.3) is 0 Å². The Morgan fingerprint density at radius 2 is 0.585 bits per heavy atom. The molecule has 0 amide bonds. The van der Waals surface area contributed by atoms with E-state index in [-0.39, 0.29) is 0 Å². The number of hydrogen-bond donors (Lipinski definition) is 0. The van der Waals surface area contributed by atoms with Crippen molar-refractivity contribution < 1.29 is 0 Å². The molecule has 0 N–H and O–H groups in total. The van der Waals surface area contributed by atoms with E-state index in [2.05, 4.69) is 219 Å². The van der Waals surface area contributed by atoms with Crippen LogP contribution in [0.5, 0.6) is 0 Å². The van der Waals surface area contributed by atoms with Crippen LogP contribution < -0.4 is 0 Å². The summed E-state index contributed by atoms with van der Waals surface area (Å²) in [5, 5.41) is 25.9. The van der Waals surface area contributed by atoms with E-state index in [1.807, 2.05) is 66.7 Å². The zero-order valence-electron chi connectivity index (χ0n) is 45.6. The van der Waals surface area contributed by atoms with Crippen LogP contribution in [0.2, 0.25) is 0 Å². The van der Waals surface area contributed by atoms with E-state index in [1.54, 1.807) is 0 Å². The fraction of sp³-hybridized carbons (Fsp3) is 0.0533. The van der Waals surface area contributed by atoms with Gasteiger partial charge in [0.1, 0.15) is 0 Å². The molecule has 0 radical (unpaired) electrons. The van der Waals surface area contributed by atoms with Crippen LogP contribution >= 0.6 is 0 Å². The topological polar surface area (TPSA) is 96.1 Å². The Morgan fingerprint density at radius 1 is 0.280 bits per heavy atom. The van der Waals surface area contributed by atoms with E-state index >= 15 is 0 Å². The van der Waals surface area contributed by atoms with E-state index in [9.17, 15) is 10.5 Å². The zero-order valence-corrected chi connectivity index (χ0v) is 45.6. The molecular weight excluding hydrogens is 999 g/mol. The van der Waals surface area contributed by atoms with Crippen molar-refractivity contribution in [3.8, 4) is 102 Å². The monoisotopic (exact) mass is 1050 g/mol. The molecular formula is C75H51N7. The average molecular weight is 1050 g/mol. The van der Waals surface area contributed by atoms with Crippen LogP contribution in [-0.2, 0) is 0 Å². The lowest BCUT2D eigenvalue weighted by molar-refractivity contribution is 1.06. The molecule has 14 aromatic rings. The fourth-order valence-corrected chi connectivity index (χ4v) is 12.1. The first-order valence-corrected chi connectivity index (χ1v) is 27.5. The van der Waals surface area contributed by atoms with Gasteiger partial charge in [-0.15, -0.1) is 0 Å². The molecule has 0 saturated heterocycles. The minimum atomic E-state index is 0.371. The van der Waals surface area contributed by atoms with Crippen molar-refractivity contribution in [1.82, 2.24) is 24.1 Å². The van der Waals surface area contributed by atoms with Crippen molar-refractivity contribution in [2.24, 2.45) is 0 Å². The molecule has 0 saturated carbocycles. The normalized spacial score (nSPS) is 11.4. The molecule has 14 rings (SSSR count). The average Bonchev–Trinajstić information content (AvgIpc) is 2.80. The smallest absolute Gasteiger partial charge is 0.166 e. The molecule has 0 aliphatic carbocycles. The van der Waals surface area contributed by atoms with E-state index in [0.717, 1.165) is 105 Å². The standard InChI is InChI=1S/C75H51N7/c1-46-16-8-12-22-57(46)53-28-32-61-62-33-29-54(58-23-13-9-17-47(58)2)41-70(62)81(69(61)40-53)67-36-26-50(44-76)38-65(67)74-78-73(52-20-6-5-7-21-52)79-75(80-74)66-39-51(45-77)27-37-68(66)82-71-42-55(59-24-14-10-18-48(59)3)30-34-63(71)64-35-31-56(43-72(64)82)60-25-15-11-19-49(60)4/h5-43H,1-4H3. The van der Waals surface area contributed by atoms with Gasteiger partial charge in [-0.3, -0.25) is 0 Å². The summed E-state index contributed by atoms with van der Waals surface area (Å²) in [4.78, 5) is 16.3. The molecule has 0 unspecified atom stereocenters. The third kappa shape index (κ3) is 8.39. The lowest BCUT2D eigenvalue weighted by atomic mass is 9.98. The molecule has 82 heavy (non-hydrogen) atoms. The third-order valence-electron chi connectivity index (χ3n) is 16.2. The van der Waals surface area contributed by atoms with Gasteiger partial charge in [0.05, 0.1) is 56.7 Å². The van der Waals surface area contributed by atoms with Crippen molar-refractivity contribution in [1.29, 1.82) is 10.5 Å². The summed E-state index contributed by atoms with van der Waals surface area (Å²) in [7, 11) is 0. The first-order valence-electron chi connectivity index (χ1n) is 27.5. The molecule has 0 bridgehead atoms. The second-order valence-corrected chi connectivity index (χ2v) is 21.2. The predicted octanol–water partition coefficient (Wildman–Crippen LogP) is 18.7. The molecule has 7 nitrogen and oxygen atoms in total. The van der Waals surface area contributed by atoms with Gasteiger partial charge in [-0.2, -0.15) is 10.5 Å². The van der Waals surface area contributed by atoms with Crippen LogP contribution in [0.1, 0.15) is 33.4 Å². The van der Waals surface area contributed by atoms with Gasteiger partial charge in [0.15, 0.2) is 17.5 Å². The van der Waals surface area contributed by atoms with Gasteiger partial charge < -0.3 is 9.13 Å². The highest BCUT2D eigenvalue weighted by atomic mass is 15.1. The first kappa shape index (κ1) is 49.3. The summed E-state index contributed by atoms with van der Waals surface area (Å²) < 4.78 is 4.63. The highest BCUT2D eigenvalue weighted by molar-refractivity contribution is 6.13. The van der Waals surface area contributed by atoms with Crippen LogP contribution in [-0.4, -0.2) is 24.1 Å². The molecule has 0 aliphatic rings. The number of hydrogen-bond acceptors (Lipinski definition) is 5. The Labute approximate surface area is 475 Å². The highest BCUT2D eigenvalue weighted by Gasteiger charge is 2.25. The number of rotatable bonds is 9. The minimum Gasteiger partial charge on any atom is -0.308 e. The van der Waals surface area contributed by atoms with Gasteiger partial charge in [-0.05, 0) is 155 Å². The van der Waals surface area contributed by atoms with Crippen molar-refractivity contribution >= 4 is 43.6 Å². The van der Waals surface area contributed by atoms with Gasteiger partial charge in [0, 0.05) is 38.2 Å². The van der Waals surface area contributed by atoms with Gasteiger partial charge in [-0.25, -0.2) is 15.0 Å². The molecule has 3 aromatic heterocycles. The molecule has 11 aromatic carbocycles. The molecule has 0 spiro atoms. The molecule has 0 fully saturated rings. The number of aryl methyl sites for hydroxylation is 4. The van der Waals surface area contributed by atoms with Crippen LogP contribution in [0, 0.1) is 50.4 Å². The summed E-state index contributed by atoms with van der Waals surface area (Å²) >= 11 is 0.